The van der Waals surface area contributed by atoms with E-state index < -0.39 is 12.0 Å². The number of likely N-dealkylation sites (tertiary alicyclic amines) is 2. The predicted octanol–water partition coefficient (Wildman–Crippen LogP) is 5.12. The van der Waals surface area contributed by atoms with E-state index in [-0.39, 0.29) is 6.10 Å². The molecule has 0 unspecified atom stereocenters. The van der Waals surface area contributed by atoms with Gasteiger partial charge in [-0.3, -0.25) is 9.69 Å². The number of hydrogen-bond acceptors (Lipinski definition) is 5. The zero-order chi connectivity index (χ0) is 24.8. The molecule has 2 heterocycles. The Bertz CT molecular complexity index is 1060. The summed E-state index contributed by atoms with van der Waals surface area (Å²) in [7, 11) is 0. The second kappa shape index (κ2) is 12.1. The van der Waals surface area contributed by atoms with Gasteiger partial charge >= 0.3 is 5.97 Å². The van der Waals surface area contributed by atoms with Crippen LogP contribution < -0.4 is 4.74 Å². The van der Waals surface area contributed by atoms with Crippen molar-refractivity contribution in [3.05, 3.63) is 63.6 Å². The number of nitriles is 1. The summed E-state index contributed by atoms with van der Waals surface area (Å²) in [6.45, 7) is 4.63. The second-order valence-electron chi connectivity index (χ2n) is 9.54. The van der Waals surface area contributed by atoms with E-state index in [1.54, 1.807) is 24.3 Å². The first kappa shape index (κ1) is 25.8. The molecule has 0 spiro atoms. The van der Waals surface area contributed by atoms with Gasteiger partial charge in [0.05, 0.1) is 21.7 Å². The van der Waals surface area contributed by atoms with E-state index in [1.807, 2.05) is 18.2 Å². The van der Waals surface area contributed by atoms with Crippen LogP contribution >= 0.6 is 23.2 Å². The molecule has 0 aliphatic carbocycles. The Balaban J connectivity index is 1.22. The number of nitrogens with zero attached hydrogens (tertiary/aromatic N) is 3. The third-order valence-electron chi connectivity index (χ3n) is 7.10. The summed E-state index contributed by atoms with van der Waals surface area (Å²) < 4.78 is 6.11. The minimum atomic E-state index is -0.796. The van der Waals surface area contributed by atoms with Crippen LogP contribution in [0, 0.1) is 17.2 Å². The molecule has 0 amide bonds. The number of carbonyl (C=O) groups is 1. The van der Waals surface area contributed by atoms with E-state index in [9.17, 15) is 9.90 Å². The summed E-state index contributed by atoms with van der Waals surface area (Å²) in [6.07, 6.45) is 4.55. The SMILES string of the molecule is N#Cc1cccc(C[C@@H](C(=O)O)N2CCC(CN3CCC(Oc4ccc(Cl)c(Cl)c4)CC3)CC2)c1. The van der Waals surface area contributed by atoms with Crippen molar-refractivity contribution < 1.29 is 14.6 Å². The van der Waals surface area contributed by atoms with Crippen molar-refractivity contribution in [1.29, 1.82) is 5.26 Å². The van der Waals surface area contributed by atoms with E-state index in [0.29, 0.717) is 27.9 Å². The summed E-state index contributed by atoms with van der Waals surface area (Å²) in [4.78, 5) is 16.6. The largest absolute Gasteiger partial charge is 0.490 e. The van der Waals surface area contributed by atoms with Gasteiger partial charge in [0.15, 0.2) is 0 Å². The predicted molar refractivity (Wildman–Crippen MR) is 137 cm³/mol. The second-order valence-corrected chi connectivity index (χ2v) is 10.4. The molecule has 0 aromatic heterocycles. The van der Waals surface area contributed by atoms with Gasteiger partial charge in [-0.2, -0.15) is 5.26 Å². The normalized spacial score (nSPS) is 19.2. The molecule has 4 rings (SSSR count). The minimum absolute atomic E-state index is 0.182. The number of carboxylic acids is 1. The first-order valence-corrected chi connectivity index (χ1v) is 13.0. The molecule has 2 aliphatic rings. The Morgan fingerprint density at radius 3 is 2.46 bits per heavy atom. The maximum atomic E-state index is 12.0. The molecule has 2 aliphatic heterocycles. The molecule has 8 heteroatoms. The Hall–Kier alpha value is -2.30. The van der Waals surface area contributed by atoms with Crippen molar-refractivity contribution in [3.8, 4) is 11.8 Å². The zero-order valence-corrected chi connectivity index (χ0v) is 21.2. The van der Waals surface area contributed by atoms with Gasteiger partial charge in [-0.15, -0.1) is 0 Å². The number of carboxylic acid groups (broad SMARTS) is 1. The number of ether oxygens (including phenoxy) is 1. The molecule has 0 radical (unpaired) electrons. The van der Waals surface area contributed by atoms with E-state index in [0.717, 1.165) is 69.7 Å². The molecule has 0 saturated carbocycles. The van der Waals surface area contributed by atoms with Gasteiger partial charge in [0.2, 0.25) is 0 Å². The highest BCUT2D eigenvalue weighted by molar-refractivity contribution is 6.42. The lowest BCUT2D eigenvalue weighted by Crippen LogP contribution is -2.48. The number of halogens is 2. The van der Waals surface area contributed by atoms with Gasteiger partial charge in [0.1, 0.15) is 17.9 Å². The quantitative estimate of drug-likeness (QED) is 0.525. The molecule has 6 nitrogen and oxygen atoms in total. The average Bonchev–Trinajstić information content (AvgIpc) is 2.86. The maximum absolute atomic E-state index is 12.0. The van der Waals surface area contributed by atoms with Gasteiger partial charge in [-0.25, -0.2) is 0 Å². The van der Waals surface area contributed by atoms with Crippen LogP contribution in [0.3, 0.4) is 0 Å². The third-order valence-corrected chi connectivity index (χ3v) is 7.84. The van der Waals surface area contributed by atoms with Crippen LogP contribution in [0.2, 0.25) is 10.0 Å². The Morgan fingerprint density at radius 2 is 1.80 bits per heavy atom. The van der Waals surface area contributed by atoms with E-state index in [2.05, 4.69) is 15.9 Å². The molecular weight excluding hydrogens is 485 g/mol. The van der Waals surface area contributed by atoms with E-state index in [1.165, 1.54) is 0 Å². The fraction of sp³-hybridized carbons (Fsp3) is 0.481. The maximum Gasteiger partial charge on any atom is 0.321 e. The molecule has 2 saturated heterocycles. The molecule has 1 atom stereocenters. The van der Waals surface area contributed by atoms with Crippen LogP contribution in [0.1, 0.15) is 36.8 Å². The van der Waals surface area contributed by atoms with Crippen LogP contribution in [-0.2, 0) is 11.2 Å². The molecule has 2 fully saturated rings. The highest BCUT2D eigenvalue weighted by Gasteiger charge is 2.31. The van der Waals surface area contributed by atoms with E-state index in [4.69, 9.17) is 33.2 Å². The summed E-state index contributed by atoms with van der Waals surface area (Å²) in [6, 6.07) is 14.2. The number of hydrogen-bond donors (Lipinski definition) is 1. The van der Waals surface area contributed by atoms with Crippen LogP contribution in [0.4, 0.5) is 0 Å². The fourth-order valence-electron chi connectivity index (χ4n) is 5.13. The first-order chi connectivity index (χ1) is 16.9. The lowest BCUT2D eigenvalue weighted by molar-refractivity contribution is -0.144. The standard InChI is InChI=1S/C27H31Cl2N3O3/c28-24-5-4-23(16-25(24)29)35-22-8-10-31(11-9-22)18-19-6-12-32(13-7-19)26(27(33)34)15-20-2-1-3-21(14-20)17-30/h1-5,14,16,19,22,26H,6-13,15,18H2,(H,33,34)/t26-/m0/s1. The first-order valence-electron chi connectivity index (χ1n) is 12.2. The Labute approximate surface area is 217 Å². The smallest absolute Gasteiger partial charge is 0.321 e. The van der Waals surface area contributed by atoms with Crippen molar-refractivity contribution in [2.24, 2.45) is 5.92 Å². The average molecular weight is 516 g/mol. The molecule has 186 valence electrons. The summed E-state index contributed by atoms with van der Waals surface area (Å²) in [5, 5.41) is 20.0. The Kier molecular flexibility index (Phi) is 8.91. The van der Waals surface area contributed by atoms with Gasteiger partial charge in [-0.1, -0.05) is 35.3 Å². The van der Waals surface area contributed by atoms with Gasteiger partial charge < -0.3 is 14.7 Å². The molecule has 2 aromatic rings. The lowest BCUT2D eigenvalue weighted by Gasteiger charge is -2.39. The van der Waals surface area contributed by atoms with Crippen molar-refractivity contribution in [1.82, 2.24) is 9.80 Å². The van der Waals surface area contributed by atoms with E-state index >= 15 is 0 Å². The van der Waals surface area contributed by atoms with Gasteiger partial charge in [0.25, 0.3) is 0 Å². The number of rotatable bonds is 8. The summed E-state index contributed by atoms with van der Waals surface area (Å²) in [5.74, 6) is 0.544. The van der Waals surface area contributed by atoms with Crippen LogP contribution in [0.15, 0.2) is 42.5 Å². The fourth-order valence-corrected chi connectivity index (χ4v) is 5.42. The molecule has 1 N–H and O–H groups in total. The third kappa shape index (κ3) is 7.11. The lowest BCUT2D eigenvalue weighted by atomic mass is 9.93. The molecule has 35 heavy (non-hydrogen) atoms. The number of aliphatic carboxylic acids is 1. The van der Waals surface area contributed by atoms with Crippen LogP contribution in [0.5, 0.6) is 5.75 Å². The Morgan fingerprint density at radius 1 is 1.06 bits per heavy atom. The van der Waals surface area contributed by atoms with Gasteiger partial charge in [0, 0.05) is 25.7 Å². The van der Waals surface area contributed by atoms with Crippen LogP contribution in [-0.4, -0.2) is 65.7 Å². The van der Waals surface area contributed by atoms with Gasteiger partial charge in [-0.05, 0) is 80.9 Å². The summed E-state index contributed by atoms with van der Waals surface area (Å²) >= 11 is 12.1. The highest BCUT2D eigenvalue weighted by Crippen LogP contribution is 2.29. The monoisotopic (exact) mass is 515 g/mol. The van der Waals surface area contributed by atoms with Crippen molar-refractivity contribution >= 4 is 29.2 Å². The highest BCUT2D eigenvalue weighted by atomic mass is 35.5. The summed E-state index contributed by atoms with van der Waals surface area (Å²) in [5.41, 5.74) is 1.46. The van der Waals surface area contributed by atoms with Crippen molar-refractivity contribution in [2.75, 3.05) is 32.7 Å². The van der Waals surface area contributed by atoms with Crippen molar-refractivity contribution in [2.45, 2.75) is 44.2 Å². The molecular formula is C27H31Cl2N3O3. The van der Waals surface area contributed by atoms with Crippen molar-refractivity contribution in [3.63, 3.8) is 0 Å². The minimum Gasteiger partial charge on any atom is -0.490 e. The topological polar surface area (TPSA) is 76.8 Å². The number of benzene rings is 2. The zero-order valence-electron chi connectivity index (χ0n) is 19.7. The van der Waals surface area contributed by atoms with Crippen LogP contribution in [0.25, 0.3) is 0 Å². The number of piperidine rings is 2. The molecule has 2 aromatic carbocycles. The molecule has 0 bridgehead atoms.